The van der Waals surface area contributed by atoms with Crippen LogP contribution in [0.1, 0.15) is 18.2 Å². The van der Waals surface area contributed by atoms with Gasteiger partial charge in [-0.3, -0.25) is 0 Å². The van der Waals surface area contributed by atoms with Crippen LogP contribution in [0.5, 0.6) is 5.75 Å². The van der Waals surface area contributed by atoms with Crippen molar-refractivity contribution in [3.8, 4) is 16.4 Å². The summed E-state index contributed by atoms with van der Waals surface area (Å²) in [6.07, 6.45) is 1.67. The molecule has 0 spiro atoms. The van der Waals surface area contributed by atoms with E-state index < -0.39 is 0 Å². The molecule has 0 aliphatic carbocycles. The summed E-state index contributed by atoms with van der Waals surface area (Å²) in [4.78, 5) is 2.49. The van der Waals surface area contributed by atoms with Gasteiger partial charge in [-0.2, -0.15) is 0 Å². The van der Waals surface area contributed by atoms with Gasteiger partial charge in [0.15, 0.2) is 0 Å². The molecule has 0 atom stereocenters. The first kappa shape index (κ1) is 14.2. The zero-order valence-electron chi connectivity index (χ0n) is 12.0. The summed E-state index contributed by atoms with van der Waals surface area (Å²) < 4.78 is 11.7. The average molecular weight is 302 g/mol. The smallest absolute Gasteiger partial charge is 0.145 e. The minimum Gasteiger partial charge on any atom is -0.493 e. The van der Waals surface area contributed by atoms with Gasteiger partial charge < -0.3 is 14.3 Å². The van der Waals surface area contributed by atoms with E-state index in [9.17, 15) is 0 Å². The van der Waals surface area contributed by atoms with Gasteiger partial charge in [-0.1, -0.05) is 13.0 Å². The molecular weight excluding hydrogens is 284 g/mol. The second-order valence-corrected chi connectivity index (χ2v) is 5.99. The molecule has 110 valence electrons. The van der Waals surface area contributed by atoms with Crippen molar-refractivity contribution in [1.82, 2.24) is 0 Å². The number of aryl methyl sites for hydroxylation is 1. The molecule has 0 fully saturated rings. The summed E-state index contributed by atoms with van der Waals surface area (Å²) in [5, 5.41) is 9.82. The van der Waals surface area contributed by atoms with Gasteiger partial charge in [0.25, 0.3) is 0 Å². The Morgan fingerprint density at radius 3 is 2.90 bits per heavy atom. The third kappa shape index (κ3) is 2.96. The molecule has 0 unspecified atom stereocenters. The molecule has 3 aromatic rings. The van der Waals surface area contributed by atoms with Crippen LogP contribution in [-0.2, 0) is 6.42 Å². The maximum absolute atomic E-state index is 8.84. The van der Waals surface area contributed by atoms with Gasteiger partial charge in [-0.05, 0) is 36.8 Å². The van der Waals surface area contributed by atoms with Gasteiger partial charge in [0, 0.05) is 17.9 Å². The van der Waals surface area contributed by atoms with Gasteiger partial charge in [0.05, 0.1) is 16.9 Å². The van der Waals surface area contributed by atoms with E-state index in [1.165, 1.54) is 4.88 Å². The molecule has 2 heterocycles. The van der Waals surface area contributed by atoms with Crippen molar-refractivity contribution in [2.75, 3.05) is 13.2 Å². The van der Waals surface area contributed by atoms with Crippen LogP contribution in [-0.4, -0.2) is 18.3 Å². The van der Waals surface area contributed by atoms with E-state index in [2.05, 4.69) is 19.1 Å². The Hall–Kier alpha value is -1.78. The van der Waals surface area contributed by atoms with E-state index >= 15 is 0 Å². The number of furan rings is 1. The van der Waals surface area contributed by atoms with Crippen LogP contribution >= 0.6 is 11.3 Å². The van der Waals surface area contributed by atoms with Crippen molar-refractivity contribution < 1.29 is 14.3 Å². The number of benzene rings is 1. The molecule has 1 aromatic carbocycles. The largest absolute Gasteiger partial charge is 0.493 e. The normalized spacial score (nSPS) is 11.1. The lowest BCUT2D eigenvalue weighted by atomic mass is 10.2. The van der Waals surface area contributed by atoms with Gasteiger partial charge in [0.2, 0.25) is 0 Å². The second kappa shape index (κ2) is 6.33. The molecule has 0 radical (unpaired) electrons. The number of thiophene rings is 1. The Labute approximate surface area is 127 Å². The lowest BCUT2D eigenvalue weighted by Crippen LogP contribution is -1.99. The van der Waals surface area contributed by atoms with Crippen molar-refractivity contribution in [1.29, 1.82) is 0 Å². The van der Waals surface area contributed by atoms with Crippen molar-refractivity contribution >= 4 is 22.3 Å². The Balaban J connectivity index is 1.93. The third-order valence-electron chi connectivity index (χ3n) is 3.33. The molecule has 0 saturated heterocycles. The van der Waals surface area contributed by atoms with Crippen molar-refractivity contribution in [3.05, 3.63) is 41.3 Å². The number of hydrogen-bond donors (Lipinski definition) is 1. The van der Waals surface area contributed by atoms with Crippen LogP contribution in [0.2, 0.25) is 0 Å². The number of aliphatic hydroxyl groups is 1. The first-order valence-electron chi connectivity index (χ1n) is 7.17. The predicted octanol–water partition coefficient (Wildman–Crippen LogP) is 4.48. The Morgan fingerprint density at radius 2 is 2.14 bits per heavy atom. The molecule has 0 aliphatic heterocycles. The molecule has 3 rings (SSSR count). The van der Waals surface area contributed by atoms with Gasteiger partial charge in [-0.25, -0.2) is 0 Å². The zero-order chi connectivity index (χ0) is 14.7. The first-order valence-corrected chi connectivity index (χ1v) is 7.98. The lowest BCUT2D eigenvalue weighted by molar-refractivity contribution is 0.235. The van der Waals surface area contributed by atoms with Crippen LogP contribution in [0, 0.1) is 0 Å². The van der Waals surface area contributed by atoms with Crippen LogP contribution in [0.25, 0.3) is 21.6 Å². The highest BCUT2D eigenvalue weighted by molar-refractivity contribution is 7.15. The maximum Gasteiger partial charge on any atom is 0.145 e. The number of ether oxygens (including phenoxy) is 1. The maximum atomic E-state index is 8.84. The van der Waals surface area contributed by atoms with Crippen LogP contribution in [0.15, 0.2) is 40.8 Å². The van der Waals surface area contributed by atoms with E-state index in [0.29, 0.717) is 13.0 Å². The van der Waals surface area contributed by atoms with Gasteiger partial charge >= 0.3 is 0 Å². The molecule has 0 bridgehead atoms. The molecule has 0 aliphatic rings. The lowest BCUT2D eigenvalue weighted by Gasteiger charge is -2.05. The van der Waals surface area contributed by atoms with Crippen molar-refractivity contribution in [2.24, 2.45) is 0 Å². The van der Waals surface area contributed by atoms with E-state index in [-0.39, 0.29) is 6.61 Å². The highest BCUT2D eigenvalue weighted by Gasteiger charge is 2.12. The summed E-state index contributed by atoms with van der Waals surface area (Å²) in [7, 11) is 0. The van der Waals surface area contributed by atoms with Gasteiger partial charge in [-0.15, -0.1) is 11.3 Å². The van der Waals surface area contributed by atoms with E-state index in [4.69, 9.17) is 14.3 Å². The summed E-state index contributed by atoms with van der Waals surface area (Å²) in [6.45, 7) is 2.80. The minimum absolute atomic E-state index is 0.140. The highest BCUT2D eigenvalue weighted by Crippen LogP contribution is 2.36. The number of hydrogen-bond acceptors (Lipinski definition) is 4. The van der Waals surface area contributed by atoms with Crippen molar-refractivity contribution in [3.63, 3.8) is 0 Å². The molecule has 2 aromatic heterocycles. The number of rotatable bonds is 6. The Bertz CT molecular complexity index is 727. The molecule has 0 amide bonds. The number of aliphatic hydroxyl groups excluding tert-OH is 1. The second-order valence-electron chi connectivity index (χ2n) is 4.82. The van der Waals surface area contributed by atoms with Crippen LogP contribution in [0.4, 0.5) is 0 Å². The minimum atomic E-state index is 0.140. The fourth-order valence-corrected chi connectivity index (χ4v) is 3.13. The summed E-state index contributed by atoms with van der Waals surface area (Å²) in [5.74, 6) is 1.69. The third-order valence-corrected chi connectivity index (χ3v) is 4.58. The monoisotopic (exact) mass is 302 g/mol. The highest BCUT2D eigenvalue weighted by atomic mass is 32.1. The first-order chi connectivity index (χ1) is 10.3. The molecule has 21 heavy (non-hydrogen) atoms. The van der Waals surface area contributed by atoms with Crippen LogP contribution in [0.3, 0.4) is 0 Å². The number of fused-ring (bicyclic) bond motifs is 1. The topological polar surface area (TPSA) is 42.6 Å². The van der Waals surface area contributed by atoms with Gasteiger partial charge in [0.1, 0.15) is 17.1 Å². The molecule has 3 nitrogen and oxygen atoms in total. The fourth-order valence-electron chi connectivity index (χ4n) is 2.23. The zero-order valence-corrected chi connectivity index (χ0v) is 12.8. The summed E-state index contributed by atoms with van der Waals surface area (Å²) in [6, 6.07) is 12.1. The standard InChI is InChI=1S/C17H18O3S/c1-2-12-7-8-17(21-12)16-11-13-14(19-10-4-9-18)5-3-6-15(13)20-16/h3,5-8,11,18H,2,4,9-10H2,1H3. The Kier molecular flexibility index (Phi) is 4.27. The fraction of sp³-hybridized carbons (Fsp3) is 0.294. The molecular formula is C17H18O3S. The predicted molar refractivity (Wildman–Crippen MR) is 86.1 cm³/mol. The quantitative estimate of drug-likeness (QED) is 0.682. The Morgan fingerprint density at radius 1 is 1.24 bits per heavy atom. The average Bonchev–Trinajstić information content (AvgIpc) is 3.14. The molecule has 4 heteroatoms. The van der Waals surface area contributed by atoms with E-state index in [1.54, 1.807) is 11.3 Å². The molecule has 1 N–H and O–H groups in total. The van der Waals surface area contributed by atoms with E-state index in [1.807, 2.05) is 24.3 Å². The van der Waals surface area contributed by atoms with Crippen molar-refractivity contribution in [2.45, 2.75) is 19.8 Å². The SMILES string of the molecule is CCc1ccc(-c2cc3c(OCCCO)cccc3o2)s1. The summed E-state index contributed by atoms with van der Waals surface area (Å²) in [5.41, 5.74) is 0.831. The van der Waals surface area contributed by atoms with E-state index in [0.717, 1.165) is 33.8 Å². The molecule has 0 saturated carbocycles. The van der Waals surface area contributed by atoms with Crippen LogP contribution < -0.4 is 4.74 Å². The summed E-state index contributed by atoms with van der Waals surface area (Å²) >= 11 is 1.76.